The molecule has 1 heterocycles. The molecular weight excluding hydrogens is 205 g/mol. The van der Waals surface area contributed by atoms with E-state index in [9.17, 15) is 13.2 Å². The highest BCUT2D eigenvalue weighted by Crippen LogP contribution is 2.27. The minimum absolute atomic E-state index is 0.0484. The molecule has 1 atom stereocenters. The van der Waals surface area contributed by atoms with Crippen LogP contribution in [-0.2, 0) is 12.6 Å². The SMILES string of the molecule is C[C@H](N)CCc1ccc(C(F)(F)F)nc1. The average molecular weight is 218 g/mol. The molecule has 0 aromatic carbocycles. The molecule has 0 bridgehead atoms. The Morgan fingerprint density at radius 2 is 2.07 bits per heavy atom. The van der Waals surface area contributed by atoms with Gasteiger partial charge in [-0.05, 0) is 31.4 Å². The zero-order valence-electron chi connectivity index (χ0n) is 8.38. The normalized spacial score (nSPS) is 13.9. The lowest BCUT2D eigenvalue weighted by Crippen LogP contribution is -2.15. The Labute approximate surface area is 86.3 Å². The first-order valence-electron chi connectivity index (χ1n) is 4.67. The molecule has 2 N–H and O–H groups in total. The van der Waals surface area contributed by atoms with Gasteiger partial charge in [-0.15, -0.1) is 0 Å². The third kappa shape index (κ3) is 3.87. The molecular formula is C10H13F3N2. The molecule has 0 unspecified atom stereocenters. The number of alkyl halides is 3. The predicted molar refractivity (Wildman–Crippen MR) is 51.2 cm³/mol. The molecule has 0 radical (unpaired) electrons. The Hall–Kier alpha value is -1.10. The number of nitrogens with two attached hydrogens (primary N) is 1. The minimum Gasteiger partial charge on any atom is -0.328 e. The lowest BCUT2D eigenvalue weighted by molar-refractivity contribution is -0.141. The van der Waals surface area contributed by atoms with Crippen molar-refractivity contribution >= 4 is 0 Å². The average Bonchev–Trinajstić information content (AvgIpc) is 2.14. The van der Waals surface area contributed by atoms with E-state index in [1.807, 2.05) is 6.92 Å². The van der Waals surface area contributed by atoms with Crippen molar-refractivity contribution in [2.45, 2.75) is 32.0 Å². The number of rotatable bonds is 3. The first-order chi connectivity index (χ1) is 6.89. The van der Waals surface area contributed by atoms with Gasteiger partial charge in [0.15, 0.2) is 0 Å². The van der Waals surface area contributed by atoms with E-state index in [2.05, 4.69) is 4.98 Å². The highest BCUT2D eigenvalue weighted by Gasteiger charge is 2.31. The van der Waals surface area contributed by atoms with E-state index in [0.717, 1.165) is 18.1 Å². The van der Waals surface area contributed by atoms with E-state index in [4.69, 9.17) is 5.73 Å². The van der Waals surface area contributed by atoms with Gasteiger partial charge in [-0.2, -0.15) is 13.2 Å². The van der Waals surface area contributed by atoms with Gasteiger partial charge < -0.3 is 5.73 Å². The third-order valence-corrected chi connectivity index (χ3v) is 2.00. The molecule has 5 heteroatoms. The van der Waals surface area contributed by atoms with Crippen molar-refractivity contribution in [1.29, 1.82) is 0 Å². The van der Waals surface area contributed by atoms with Crippen LogP contribution in [0.2, 0.25) is 0 Å². The maximum atomic E-state index is 12.2. The summed E-state index contributed by atoms with van der Waals surface area (Å²) < 4.78 is 36.5. The van der Waals surface area contributed by atoms with Crippen LogP contribution < -0.4 is 5.73 Å². The number of pyridine rings is 1. The summed E-state index contributed by atoms with van der Waals surface area (Å²) in [7, 11) is 0. The summed E-state index contributed by atoms with van der Waals surface area (Å²) in [5.41, 5.74) is 5.46. The van der Waals surface area contributed by atoms with Gasteiger partial charge in [-0.1, -0.05) is 6.07 Å². The van der Waals surface area contributed by atoms with Crippen molar-refractivity contribution in [2.75, 3.05) is 0 Å². The Kier molecular flexibility index (Phi) is 3.68. The van der Waals surface area contributed by atoms with Gasteiger partial charge in [0.25, 0.3) is 0 Å². The lowest BCUT2D eigenvalue weighted by Gasteiger charge is -2.07. The molecule has 0 aliphatic heterocycles. The summed E-state index contributed by atoms with van der Waals surface area (Å²) in [6, 6.07) is 2.49. The fraction of sp³-hybridized carbons (Fsp3) is 0.500. The van der Waals surface area contributed by atoms with Crippen LogP contribution in [0.25, 0.3) is 0 Å². The molecule has 0 aliphatic rings. The molecule has 0 spiro atoms. The molecule has 2 nitrogen and oxygen atoms in total. The summed E-state index contributed by atoms with van der Waals surface area (Å²) in [4.78, 5) is 3.36. The molecule has 1 aromatic rings. The number of halogens is 3. The zero-order chi connectivity index (χ0) is 11.5. The molecule has 84 valence electrons. The van der Waals surface area contributed by atoms with Crippen molar-refractivity contribution in [2.24, 2.45) is 5.73 Å². The molecule has 0 saturated heterocycles. The van der Waals surface area contributed by atoms with Gasteiger partial charge in [-0.25, -0.2) is 0 Å². The van der Waals surface area contributed by atoms with Gasteiger partial charge in [0.1, 0.15) is 5.69 Å². The van der Waals surface area contributed by atoms with Crippen LogP contribution in [0.5, 0.6) is 0 Å². The predicted octanol–water partition coefficient (Wildman–Crippen LogP) is 2.38. The quantitative estimate of drug-likeness (QED) is 0.845. The van der Waals surface area contributed by atoms with E-state index >= 15 is 0 Å². The zero-order valence-corrected chi connectivity index (χ0v) is 8.38. The van der Waals surface area contributed by atoms with Gasteiger partial charge in [0, 0.05) is 12.2 Å². The standard InChI is InChI=1S/C10H13F3N2/c1-7(14)2-3-8-4-5-9(15-6-8)10(11,12)13/h4-7H,2-3,14H2,1H3/t7-/m0/s1. The fourth-order valence-electron chi connectivity index (χ4n) is 1.13. The van der Waals surface area contributed by atoms with Crippen molar-refractivity contribution in [3.63, 3.8) is 0 Å². The summed E-state index contributed by atoms with van der Waals surface area (Å²) in [6.45, 7) is 1.86. The number of aromatic nitrogens is 1. The Morgan fingerprint density at radius 1 is 1.40 bits per heavy atom. The maximum absolute atomic E-state index is 12.2. The van der Waals surface area contributed by atoms with Crippen LogP contribution in [-0.4, -0.2) is 11.0 Å². The summed E-state index contributed by atoms with van der Waals surface area (Å²) >= 11 is 0. The lowest BCUT2D eigenvalue weighted by atomic mass is 10.1. The first kappa shape index (κ1) is 12.0. The Morgan fingerprint density at radius 3 is 2.47 bits per heavy atom. The van der Waals surface area contributed by atoms with Crippen LogP contribution in [0, 0.1) is 0 Å². The van der Waals surface area contributed by atoms with E-state index in [-0.39, 0.29) is 6.04 Å². The molecule has 1 aromatic heterocycles. The van der Waals surface area contributed by atoms with Crippen LogP contribution in [0.1, 0.15) is 24.6 Å². The summed E-state index contributed by atoms with van der Waals surface area (Å²) in [5.74, 6) is 0. The fourth-order valence-corrected chi connectivity index (χ4v) is 1.13. The van der Waals surface area contributed by atoms with E-state index < -0.39 is 11.9 Å². The van der Waals surface area contributed by atoms with Gasteiger partial charge >= 0.3 is 6.18 Å². The van der Waals surface area contributed by atoms with Crippen LogP contribution in [0.4, 0.5) is 13.2 Å². The maximum Gasteiger partial charge on any atom is 0.433 e. The van der Waals surface area contributed by atoms with Crippen molar-refractivity contribution in [3.8, 4) is 0 Å². The monoisotopic (exact) mass is 218 g/mol. The molecule has 0 fully saturated rings. The number of aryl methyl sites for hydroxylation is 1. The highest BCUT2D eigenvalue weighted by molar-refractivity contribution is 5.16. The second-order valence-electron chi connectivity index (χ2n) is 3.57. The topological polar surface area (TPSA) is 38.9 Å². The van der Waals surface area contributed by atoms with Gasteiger partial charge in [0.2, 0.25) is 0 Å². The Bertz CT molecular complexity index is 303. The van der Waals surface area contributed by atoms with E-state index in [0.29, 0.717) is 6.42 Å². The summed E-state index contributed by atoms with van der Waals surface area (Å²) in [6.07, 6.45) is -1.71. The third-order valence-electron chi connectivity index (χ3n) is 2.00. The Balaban J connectivity index is 2.65. The first-order valence-corrected chi connectivity index (χ1v) is 4.67. The van der Waals surface area contributed by atoms with Crippen LogP contribution in [0.15, 0.2) is 18.3 Å². The number of hydrogen-bond acceptors (Lipinski definition) is 2. The van der Waals surface area contributed by atoms with E-state index in [1.165, 1.54) is 12.3 Å². The number of nitrogens with zero attached hydrogens (tertiary/aromatic N) is 1. The molecule has 0 aliphatic carbocycles. The second-order valence-corrected chi connectivity index (χ2v) is 3.57. The van der Waals surface area contributed by atoms with Crippen molar-refractivity contribution in [1.82, 2.24) is 4.98 Å². The minimum atomic E-state index is -4.36. The van der Waals surface area contributed by atoms with Gasteiger partial charge in [0.05, 0.1) is 0 Å². The van der Waals surface area contributed by atoms with Crippen LogP contribution in [0.3, 0.4) is 0 Å². The largest absolute Gasteiger partial charge is 0.433 e. The molecule has 0 saturated carbocycles. The molecule has 0 amide bonds. The smallest absolute Gasteiger partial charge is 0.328 e. The second kappa shape index (κ2) is 4.61. The summed E-state index contributed by atoms with van der Waals surface area (Å²) in [5, 5.41) is 0. The van der Waals surface area contributed by atoms with Crippen molar-refractivity contribution in [3.05, 3.63) is 29.6 Å². The van der Waals surface area contributed by atoms with Crippen LogP contribution >= 0.6 is 0 Å². The number of hydrogen-bond donors (Lipinski definition) is 1. The van der Waals surface area contributed by atoms with E-state index in [1.54, 1.807) is 0 Å². The van der Waals surface area contributed by atoms with Crippen molar-refractivity contribution < 1.29 is 13.2 Å². The molecule has 15 heavy (non-hydrogen) atoms. The van der Waals surface area contributed by atoms with Gasteiger partial charge in [-0.3, -0.25) is 4.98 Å². The molecule has 1 rings (SSSR count). The highest BCUT2D eigenvalue weighted by atomic mass is 19.4.